The molecule has 2 amide bonds. The smallest absolute Gasteiger partial charge is 0.412 e. The maximum atomic E-state index is 13.2. The molecule has 0 radical (unpaired) electrons. The normalized spacial score (nSPS) is 25.1. The highest BCUT2D eigenvalue weighted by atomic mass is 16.6. The van der Waals surface area contributed by atoms with Crippen molar-refractivity contribution in [1.29, 1.82) is 0 Å². The molecule has 3 unspecified atom stereocenters. The Morgan fingerprint density at radius 3 is 2.48 bits per heavy atom. The van der Waals surface area contributed by atoms with Gasteiger partial charge in [-0.1, -0.05) is 35.9 Å². The average Bonchev–Trinajstić information content (AvgIpc) is 3.49. The molecular weight excluding hydrogens is 390 g/mol. The molecule has 0 saturated heterocycles. The highest BCUT2D eigenvalue weighted by molar-refractivity contribution is 6.14. The fourth-order valence-electron chi connectivity index (χ4n) is 4.11. The maximum Gasteiger partial charge on any atom is 0.412 e. The second-order valence-electron chi connectivity index (χ2n) is 9.72. The first-order valence-corrected chi connectivity index (χ1v) is 11.0. The van der Waals surface area contributed by atoms with Crippen LogP contribution in [0.3, 0.4) is 0 Å². The number of benzene rings is 1. The fourth-order valence-corrected chi connectivity index (χ4v) is 4.11. The standard InChI is InChI=1S/C25H31N3O3/c1-15-5-8-20-14-17(13-15)21(23(29)27-18-11-12-18)22(26-20)16-6-9-19(10-7-16)28-24(30)31-25(2,3)4/h5-10,13,17-18,20-21H,11-12,14H2,1-4H3,(H,27,29)(H,28,30). The van der Waals surface area contributed by atoms with Crippen molar-refractivity contribution in [2.75, 3.05) is 5.32 Å². The van der Waals surface area contributed by atoms with Gasteiger partial charge in [0.05, 0.1) is 17.7 Å². The molecule has 1 saturated carbocycles. The van der Waals surface area contributed by atoms with Gasteiger partial charge in [-0.3, -0.25) is 15.1 Å². The maximum absolute atomic E-state index is 13.2. The molecule has 3 atom stereocenters. The number of nitrogens with one attached hydrogen (secondary N) is 2. The van der Waals surface area contributed by atoms with Gasteiger partial charge in [0.1, 0.15) is 5.60 Å². The Kier molecular flexibility index (Phi) is 5.73. The van der Waals surface area contributed by atoms with Crippen LogP contribution in [0.4, 0.5) is 10.5 Å². The minimum atomic E-state index is -0.557. The number of fused-ring (bicyclic) bond motifs is 2. The lowest BCUT2D eigenvalue weighted by molar-refractivity contribution is -0.124. The van der Waals surface area contributed by atoms with Gasteiger partial charge < -0.3 is 10.1 Å². The van der Waals surface area contributed by atoms with Gasteiger partial charge in [0.25, 0.3) is 0 Å². The molecule has 164 valence electrons. The van der Waals surface area contributed by atoms with E-state index in [-0.39, 0.29) is 23.8 Å². The van der Waals surface area contributed by atoms with Crippen molar-refractivity contribution in [1.82, 2.24) is 5.32 Å². The molecule has 1 aromatic rings. The molecule has 1 aromatic carbocycles. The summed E-state index contributed by atoms with van der Waals surface area (Å²) in [6.07, 6.45) is 8.90. The predicted molar refractivity (Wildman–Crippen MR) is 122 cm³/mol. The lowest BCUT2D eigenvalue weighted by atomic mass is 9.78. The van der Waals surface area contributed by atoms with Gasteiger partial charge in [-0.25, -0.2) is 4.79 Å². The highest BCUT2D eigenvalue weighted by Gasteiger charge is 2.39. The van der Waals surface area contributed by atoms with E-state index >= 15 is 0 Å². The Hall–Kier alpha value is -2.89. The van der Waals surface area contributed by atoms with Gasteiger partial charge in [-0.05, 0) is 70.6 Å². The Morgan fingerprint density at radius 1 is 1.13 bits per heavy atom. The summed E-state index contributed by atoms with van der Waals surface area (Å²) in [5, 5.41) is 5.93. The summed E-state index contributed by atoms with van der Waals surface area (Å²) in [4.78, 5) is 30.2. The molecule has 2 N–H and O–H groups in total. The molecule has 1 fully saturated rings. The number of anilines is 1. The number of hydrogen-bond donors (Lipinski definition) is 2. The van der Waals surface area contributed by atoms with Crippen molar-refractivity contribution in [3.05, 3.63) is 53.6 Å². The molecule has 6 heteroatoms. The average molecular weight is 422 g/mol. The number of aliphatic imine (C=N–C) groups is 1. The SMILES string of the molecule is CC1=CC2CC(C=C1)N=C(c1ccc(NC(=O)OC(C)(C)C)cc1)C2C(=O)NC1CC1. The van der Waals surface area contributed by atoms with Crippen molar-refractivity contribution in [3.63, 3.8) is 0 Å². The molecule has 2 bridgehead atoms. The Bertz CT molecular complexity index is 949. The molecule has 0 aromatic heterocycles. The van der Waals surface area contributed by atoms with Crippen LogP contribution in [0.15, 0.2) is 53.1 Å². The first kappa shape index (κ1) is 21.3. The third kappa shape index (κ3) is 5.43. The van der Waals surface area contributed by atoms with Gasteiger partial charge >= 0.3 is 6.09 Å². The Morgan fingerprint density at radius 2 is 1.84 bits per heavy atom. The summed E-state index contributed by atoms with van der Waals surface area (Å²) < 4.78 is 5.31. The first-order valence-electron chi connectivity index (χ1n) is 11.0. The highest BCUT2D eigenvalue weighted by Crippen LogP contribution is 2.35. The molecule has 4 rings (SSSR count). The minimum Gasteiger partial charge on any atom is -0.444 e. The summed E-state index contributed by atoms with van der Waals surface area (Å²) in [5.41, 5.74) is 2.98. The third-order valence-electron chi connectivity index (χ3n) is 5.63. The van der Waals surface area contributed by atoms with Gasteiger partial charge in [-0.15, -0.1) is 0 Å². The van der Waals surface area contributed by atoms with E-state index in [9.17, 15) is 9.59 Å². The fraction of sp³-hybridized carbons (Fsp3) is 0.480. The lowest BCUT2D eigenvalue weighted by Gasteiger charge is -2.32. The third-order valence-corrected chi connectivity index (χ3v) is 5.63. The molecular formula is C25H31N3O3. The van der Waals surface area contributed by atoms with Crippen LogP contribution in [0.2, 0.25) is 0 Å². The van der Waals surface area contributed by atoms with E-state index in [1.165, 1.54) is 5.57 Å². The van der Waals surface area contributed by atoms with E-state index in [0.717, 1.165) is 30.5 Å². The monoisotopic (exact) mass is 421 g/mol. The molecule has 31 heavy (non-hydrogen) atoms. The van der Waals surface area contributed by atoms with Gasteiger partial charge in [0, 0.05) is 11.7 Å². The molecule has 1 heterocycles. The minimum absolute atomic E-state index is 0.0617. The quantitative estimate of drug-likeness (QED) is 0.744. The van der Waals surface area contributed by atoms with Crippen LogP contribution in [0.5, 0.6) is 0 Å². The Balaban J connectivity index is 1.58. The van der Waals surface area contributed by atoms with E-state index < -0.39 is 11.7 Å². The van der Waals surface area contributed by atoms with Crippen molar-refractivity contribution in [2.45, 2.75) is 64.6 Å². The van der Waals surface area contributed by atoms with E-state index in [4.69, 9.17) is 9.73 Å². The molecule has 6 nitrogen and oxygen atoms in total. The van der Waals surface area contributed by atoms with Crippen LogP contribution >= 0.6 is 0 Å². The summed E-state index contributed by atoms with van der Waals surface area (Å²) in [5.74, 6) is -0.131. The number of carbonyl (C=O) groups excluding carboxylic acids is 2. The number of hydrogen-bond acceptors (Lipinski definition) is 4. The molecule has 2 aliphatic carbocycles. The van der Waals surface area contributed by atoms with Crippen molar-refractivity contribution >= 4 is 23.4 Å². The van der Waals surface area contributed by atoms with Crippen LogP contribution in [0.25, 0.3) is 0 Å². The lowest BCUT2D eigenvalue weighted by Crippen LogP contribution is -2.44. The van der Waals surface area contributed by atoms with E-state index in [1.54, 1.807) is 0 Å². The summed E-state index contributed by atoms with van der Waals surface area (Å²) >= 11 is 0. The zero-order valence-corrected chi connectivity index (χ0v) is 18.6. The predicted octanol–water partition coefficient (Wildman–Crippen LogP) is 4.62. The molecule has 1 aliphatic heterocycles. The summed E-state index contributed by atoms with van der Waals surface area (Å²) in [7, 11) is 0. The van der Waals surface area contributed by atoms with Crippen molar-refractivity contribution in [3.8, 4) is 0 Å². The number of carbonyl (C=O) groups is 2. The number of amides is 2. The number of allylic oxidation sites excluding steroid dienone is 3. The van der Waals surface area contributed by atoms with Crippen LogP contribution in [0.1, 0.15) is 52.5 Å². The summed E-state index contributed by atoms with van der Waals surface area (Å²) in [6.45, 7) is 7.55. The Labute approximate surface area is 183 Å². The van der Waals surface area contributed by atoms with Crippen LogP contribution in [0, 0.1) is 11.8 Å². The van der Waals surface area contributed by atoms with Crippen LogP contribution < -0.4 is 10.6 Å². The van der Waals surface area contributed by atoms with Crippen LogP contribution in [-0.4, -0.2) is 35.4 Å². The van der Waals surface area contributed by atoms with Gasteiger partial charge in [0.2, 0.25) is 5.91 Å². The second-order valence-corrected chi connectivity index (χ2v) is 9.72. The first-order chi connectivity index (χ1) is 14.7. The second kappa shape index (κ2) is 8.33. The molecule has 3 aliphatic rings. The summed E-state index contributed by atoms with van der Waals surface area (Å²) in [6, 6.07) is 7.86. The van der Waals surface area contributed by atoms with Crippen molar-refractivity contribution < 1.29 is 14.3 Å². The largest absolute Gasteiger partial charge is 0.444 e. The number of ether oxygens (including phenoxy) is 1. The van der Waals surface area contributed by atoms with E-state index in [2.05, 4.69) is 35.8 Å². The van der Waals surface area contributed by atoms with Gasteiger partial charge in [0.15, 0.2) is 0 Å². The zero-order chi connectivity index (χ0) is 22.2. The van der Waals surface area contributed by atoms with E-state index in [1.807, 2.05) is 45.0 Å². The van der Waals surface area contributed by atoms with Crippen LogP contribution in [-0.2, 0) is 9.53 Å². The zero-order valence-electron chi connectivity index (χ0n) is 18.6. The van der Waals surface area contributed by atoms with Gasteiger partial charge in [-0.2, -0.15) is 0 Å². The topological polar surface area (TPSA) is 79.8 Å². The van der Waals surface area contributed by atoms with E-state index in [0.29, 0.717) is 11.7 Å². The number of nitrogens with zero attached hydrogens (tertiary/aromatic N) is 1. The number of rotatable bonds is 4. The molecule has 0 spiro atoms. The van der Waals surface area contributed by atoms with Crippen molar-refractivity contribution in [2.24, 2.45) is 16.8 Å².